The molecule has 0 aliphatic carbocycles. The summed E-state index contributed by atoms with van der Waals surface area (Å²) >= 11 is 5.42. The first-order chi connectivity index (χ1) is 52.1. The van der Waals surface area contributed by atoms with Gasteiger partial charge in [-0.2, -0.15) is 24.4 Å². The van der Waals surface area contributed by atoms with Gasteiger partial charge in [-0.3, -0.25) is 72.1 Å². The molecule has 1 heterocycles. The third-order valence-corrected chi connectivity index (χ3v) is 18.8. The molecule has 0 bridgehead atoms. The van der Waals surface area contributed by atoms with Crippen LogP contribution in [0.25, 0.3) is 0 Å². The Kier molecular flexibility index (Phi) is 46.8. The van der Waals surface area contributed by atoms with E-state index in [2.05, 4.69) is 77.7 Å². The average molecular weight is 1600 g/mol. The SMILES string of the molecule is CCCCCCCCCC(=O)OCCSC[C@H](N)C(=O)N[C@@H](CC(=O)O)C(=O)N[C@@H](CS)C(=O)N[C@@H](Cc1ccccc1)C(=O)N[C@@H](CC(C)C)C(=O)N[C@@H](CO)C(=O)N[C@@H](CCCN=C(N)N)C(=O)N1CCC[C@H]1C(=O)N[C@H](C(=O)N[C@@H](CCC(=O)O)C(=O)N[C@@H](CCCCN)C(=O)N[C@H](C(=O)O)[C@@H](C)O)[C@@H](C)O. The largest absolute Gasteiger partial charge is 0.481 e. The lowest BCUT2D eigenvalue weighted by molar-refractivity contribution is -0.145. The number of hydrogen-bond donors (Lipinski definition) is 21. The molecule has 0 spiro atoms. The zero-order valence-corrected chi connectivity index (χ0v) is 64.8. The summed E-state index contributed by atoms with van der Waals surface area (Å²) in [6.45, 7) is 6.64. The number of carbonyl (C=O) groups is 15. The molecule has 110 heavy (non-hydrogen) atoms. The molecule has 0 aromatic heterocycles. The van der Waals surface area contributed by atoms with E-state index < -0.39 is 199 Å². The average Bonchev–Trinajstić information content (AvgIpc) is 1.59. The highest BCUT2D eigenvalue weighted by atomic mass is 32.2. The van der Waals surface area contributed by atoms with Crippen molar-refractivity contribution in [3.63, 3.8) is 0 Å². The van der Waals surface area contributed by atoms with E-state index in [1.807, 2.05) is 0 Å². The summed E-state index contributed by atoms with van der Waals surface area (Å²) in [7, 11) is 0. The van der Waals surface area contributed by atoms with E-state index in [4.69, 9.17) is 27.7 Å². The summed E-state index contributed by atoms with van der Waals surface area (Å²) in [4.78, 5) is 207. The van der Waals surface area contributed by atoms with Crippen LogP contribution in [0.2, 0.25) is 0 Å². The second-order valence-electron chi connectivity index (χ2n) is 27.2. The van der Waals surface area contributed by atoms with Crippen molar-refractivity contribution in [3.8, 4) is 0 Å². The number of rotatable bonds is 56. The molecule has 1 aromatic carbocycles. The van der Waals surface area contributed by atoms with Crippen molar-refractivity contribution in [2.75, 3.05) is 50.1 Å². The second kappa shape index (κ2) is 53.0. The number of nitrogens with zero attached hydrogens (tertiary/aromatic N) is 2. The van der Waals surface area contributed by atoms with E-state index in [0.717, 1.165) is 50.9 Å². The van der Waals surface area contributed by atoms with Crippen LogP contribution in [0, 0.1) is 5.92 Å². The predicted octanol–water partition coefficient (Wildman–Crippen LogP) is -3.85. The smallest absolute Gasteiger partial charge is 0.328 e. The molecule has 620 valence electrons. The van der Waals surface area contributed by atoms with Gasteiger partial charge in [0.15, 0.2) is 12.0 Å². The van der Waals surface area contributed by atoms with Crippen LogP contribution in [0.1, 0.15) is 162 Å². The van der Waals surface area contributed by atoms with Gasteiger partial charge < -0.3 is 116 Å². The molecular weight excluding hydrogens is 1480 g/mol. The van der Waals surface area contributed by atoms with Crippen molar-refractivity contribution in [2.45, 2.75) is 248 Å². The monoisotopic (exact) mass is 1600 g/mol. The molecular formula is C70H116N16O22S2. The van der Waals surface area contributed by atoms with Gasteiger partial charge in [0.25, 0.3) is 0 Å². The fourth-order valence-electron chi connectivity index (χ4n) is 11.4. The van der Waals surface area contributed by atoms with Crippen LogP contribution in [-0.4, -0.2) is 265 Å². The van der Waals surface area contributed by atoms with Crippen molar-refractivity contribution in [2.24, 2.45) is 33.8 Å². The van der Waals surface area contributed by atoms with Crippen LogP contribution >= 0.6 is 24.4 Å². The van der Waals surface area contributed by atoms with Gasteiger partial charge in [0.05, 0.1) is 31.3 Å². The van der Waals surface area contributed by atoms with Gasteiger partial charge >= 0.3 is 23.9 Å². The number of unbranched alkanes of at least 4 members (excludes halogenated alkanes) is 7. The first kappa shape index (κ1) is 97.1. The van der Waals surface area contributed by atoms with Gasteiger partial charge in [0.2, 0.25) is 65.0 Å². The van der Waals surface area contributed by atoms with E-state index in [-0.39, 0.29) is 113 Å². The van der Waals surface area contributed by atoms with Gasteiger partial charge in [0, 0.05) is 49.6 Å². The summed E-state index contributed by atoms with van der Waals surface area (Å²) in [5.41, 5.74) is 23.3. The Bertz CT molecular complexity index is 3190. The van der Waals surface area contributed by atoms with E-state index in [9.17, 15) is 103 Å². The predicted molar refractivity (Wildman–Crippen MR) is 406 cm³/mol. The molecule has 14 atom stereocenters. The molecule has 1 aliphatic heterocycles. The minimum Gasteiger partial charge on any atom is -0.481 e. The number of esters is 1. The summed E-state index contributed by atoms with van der Waals surface area (Å²) < 4.78 is 5.29. The van der Waals surface area contributed by atoms with Crippen LogP contribution in [0.5, 0.6) is 0 Å². The first-order valence-electron chi connectivity index (χ1n) is 37.0. The minimum atomic E-state index is -1.91. The summed E-state index contributed by atoms with van der Waals surface area (Å²) in [6, 6.07) is -11.2. The number of likely N-dealkylation sites (tertiary alicyclic amines) is 1. The zero-order valence-electron chi connectivity index (χ0n) is 63.1. The Balaban J connectivity index is 2.37. The van der Waals surface area contributed by atoms with Crippen molar-refractivity contribution in [1.29, 1.82) is 0 Å². The van der Waals surface area contributed by atoms with E-state index in [1.165, 1.54) is 18.2 Å². The molecule has 1 aliphatic rings. The van der Waals surface area contributed by atoms with Crippen molar-refractivity contribution in [3.05, 3.63) is 35.9 Å². The van der Waals surface area contributed by atoms with Crippen molar-refractivity contribution in [1.82, 2.24) is 58.1 Å². The van der Waals surface area contributed by atoms with Crippen LogP contribution < -0.4 is 76.1 Å². The molecule has 40 heteroatoms. The second-order valence-corrected chi connectivity index (χ2v) is 28.7. The molecule has 0 unspecified atom stereocenters. The maximum absolute atomic E-state index is 14.7. The molecule has 38 nitrogen and oxygen atoms in total. The number of benzene rings is 1. The van der Waals surface area contributed by atoms with E-state index >= 15 is 0 Å². The lowest BCUT2D eigenvalue weighted by Crippen LogP contribution is -2.62. The van der Waals surface area contributed by atoms with E-state index in [0.29, 0.717) is 18.4 Å². The molecule has 0 radical (unpaired) electrons. The van der Waals surface area contributed by atoms with Crippen LogP contribution in [0.3, 0.4) is 0 Å². The quantitative estimate of drug-likeness (QED) is 0.00976. The molecule has 1 fully saturated rings. The van der Waals surface area contributed by atoms with Gasteiger partial charge in [0.1, 0.15) is 67.0 Å². The zero-order chi connectivity index (χ0) is 82.6. The molecule has 2 rings (SSSR count). The third-order valence-electron chi connectivity index (χ3n) is 17.4. The van der Waals surface area contributed by atoms with Gasteiger partial charge in [-0.25, -0.2) is 4.79 Å². The maximum Gasteiger partial charge on any atom is 0.328 e. The van der Waals surface area contributed by atoms with Gasteiger partial charge in [-0.1, -0.05) is 89.6 Å². The number of nitrogens with two attached hydrogens (primary N) is 4. The summed E-state index contributed by atoms with van der Waals surface area (Å²) in [6.07, 6.45) is 1.90. The third kappa shape index (κ3) is 37.6. The van der Waals surface area contributed by atoms with Crippen molar-refractivity contribution >= 4 is 119 Å². The number of aliphatic imine (C=N–C) groups is 1. The number of guanidine groups is 1. The number of ether oxygens (including phenoxy) is 1. The molecule has 1 aromatic rings. The minimum absolute atomic E-state index is 0.00574. The molecule has 24 N–H and O–H groups in total. The van der Waals surface area contributed by atoms with Crippen LogP contribution in [0.4, 0.5) is 0 Å². The number of aliphatic hydroxyl groups excluding tert-OH is 3. The number of hydrogen-bond acceptors (Lipinski definition) is 24. The van der Waals surface area contributed by atoms with Gasteiger partial charge in [-0.05, 0) is 96.1 Å². The highest BCUT2D eigenvalue weighted by Gasteiger charge is 2.42. The number of aliphatic carboxylic acids is 3. The van der Waals surface area contributed by atoms with Gasteiger partial charge in [-0.15, -0.1) is 0 Å². The Labute approximate surface area is 649 Å². The fourth-order valence-corrected chi connectivity index (χ4v) is 12.4. The summed E-state index contributed by atoms with van der Waals surface area (Å²) in [5.74, 6) is -17.2. The fraction of sp³-hybridized carbons (Fsp3) is 0.686. The maximum atomic E-state index is 14.7. The lowest BCUT2D eigenvalue weighted by Gasteiger charge is -2.31. The number of thioether (sulfide) groups is 1. The molecule has 0 saturated carbocycles. The first-order valence-corrected chi connectivity index (χ1v) is 38.7. The normalized spacial score (nSPS) is 16.1. The van der Waals surface area contributed by atoms with Crippen LogP contribution in [0.15, 0.2) is 35.3 Å². The van der Waals surface area contributed by atoms with Crippen LogP contribution in [-0.2, 0) is 83.1 Å². The Morgan fingerprint density at radius 3 is 1.71 bits per heavy atom. The Morgan fingerprint density at radius 2 is 1.12 bits per heavy atom. The number of amides is 11. The lowest BCUT2D eigenvalue weighted by atomic mass is 10.0. The Morgan fingerprint density at radius 1 is 0.591 bits per heavy atom. The topological polar surface area (TPSA) is 627 Å². The number of carbonyl (C=O) groups excluding carboxylic acids is 12. The van der Waals surface area contributed by atoms with E-state index in [1.54, 1.807) is 44.2 Å². The number of carboxylic acids is 3. The number of thiol groups is 1. The standard InChI is InChI=1S/C70H116N16O22S2/c1-6-7-8-9-10-11-15-25-55(94)108-31-32-110-38-43(72)58(95)79-49(35-54(92)93)63(100)83-51(37-109)65(102)81-48(34-42-20-13-12-14-21-42)62(99)80-47(33-39(2)3)61(98)82-50(36-87)64(101)78-46(23-18-29-75-70(73)74)68(105)86-30-19-24-52(86)66(103)84-56(40(4)88)67(104)77-45(26-27-53(90)91)59(96)76-44(22-16-17-28-71)60(97)85-57(41(5)89)69(106)107/h12-14,20-21,39-41,43-52,56-57,87-89,109H,6-11,15-19,22-38,71-72H2,1-5H3,(H,76,96)(H,77,104)(H,78,101)(H,79,95)(H,80,99)(H,81,102)(H,82,98)(H,83,100)(H,84,103)(H,85,97)(H,90,91)(H,92,93)(H,106,107)(H4,73,74,75)/t40-,41-,43+,44+,45+,46+,47+,48+,49+,50+,51+,52+,56+,57+/m1/s1. The molecule has 11 amide bonds. The van der Waals surface area contributed by atoms with Crippen molar-refractivity contribution < 1.29 is 107 Å². The highest BCUT2D eigenvalue weighted by molar-refractivity contribution is 7.99. The Hall–Kier alpha value is -8.96. The summed E-state index contributed by atoms with van der Waals surface area (Å²) in [5, 5.41) is 84.4. The highest BCUT2D eigenvalue weighted by Crippen LogP contribution is 2.22. The number of carboxylic acid groups (broad SMARTS) is 3. The number of nitrogens with one attached hydrogen (secondary N) is 10. The number of aliphatic hydroxyl groups is 3. The molecule has 1 saturated heterocycles.